The Kier molecular flexibility index (Phi) is 5.56. The molecular weight excluding hydrogens is 262 g/mol. The van der Waals surface area contributed by atoms with Gasteiger partial charge >= 0.3 is 0 Å². The zero-order chi connectivity index (χ0) is 15.1. The number of aryl methyl sites for hydroxylation is 1. The van der Waals surface area contributed by atoms with Crippen molar-refractivity contribution in [1.82, 2.24) is 9.47 Å². The van der Waals surface area contributed by atoms with Crippen molar-refractivity contribution in [2.24, 2.45) is 7.05 Å². The number of hydrogen-bond acceptors (Lipinski definition) is 3. The predicted octanol–water partition coefficient (Wildman–Crippen LogP) is 2.55. The fourth-order valence-corrected chi connectivity index (χ4v) is 2.33. The minimum atomic E-state index is 0.680. The summed E-state index contributed by atoms with van der Waals surface area (Å²) >= 11 is 0. The van der Waals surface area contributed by atoms with E-state index in [2.05, 4.69) is 21.6 Å². The van der Waals surface area contributed by atoms with Crippen molar-refractivity contribution in [3.05, 3.63) is 59.4 Å². The summed E-state index contributed by atoms with van der Waals surface area (Å²) in [6, 6.07) is 14.2. The molecule has 0 saturated carbocycles. The molecule has 0 aliphatic rings. The Balaban J connectivity index is 2.12. The highest BCUT2D eigenvalue weighted by Crippen LogP contribution is 2.13. The lowest BCUT2D eigenvalue weighted by molar-refractivity contribution is 0.138. The average Bonchev–Trinajstić information content (AvgIpc) is 2.90. The summed E-state index contributed by atoms with van der Waals surface area (Å²) in [5.41, 5.74) is 3.05. The van der Waals surface area contributed by atoms with E-state index in [0.717, 1.165) is 30.8 Å². The van der Waals surface area contributed by atoms with Crippen LogP contribution in [0.2, 0.25) is 0 Å². The zero-order valence-electron chi connectivity index (χ0n) is 12.6. The lowest BCUT2D eigenvalue weighted by atomic mass is 10.1. The molecular formula is C17H21N3O. The third kappa shape index (κ3) is 4.19. The van der Waals surface area contributed by atoms with Gasteiger partial charge in [-0.3, -0.25) is 4.90 Å². The van der Waals surface area contributed by atoms with Crippen LogP contribution in [0.3, 0.4) is 0 Å². The first-order valence-electron chi connectivity index (χ1n) is 7.04. The summed E-state index contributed by atoms with van der Waals surface area (Å²) in [4.78, 5) is 2.30. The Morgan fingerprint density at radius 2 is 2.00 bits per heavy atom. The topological polar surface area (TPSA) is 41.2 Å². The summed E-state index contributed by atoms with van der Waals surface area (Å²) in [7, 11) is 3.76. The van der Waals surface area contributed by atoms with Crippen molar-refractivity contribution >= 4 is 0 Å². The summed E-state index contributed by atoms with van der Waals surface area (Å²) in [5, 5.41) is 9.21. The highest BCUT2D eigenvalue weighted by atomic mass is 16.5. The summed E-state index contributed by atoms with van der Waals surface area (Å²) in [6.07, 6.45) is 2.05. The average molecular weight is 283 g/mol. The van der Waals surface area contributed by atoms with E-state index in [4.69, 9.17) is 4.74 Å². The van der Waals surface area contributed by atoms with Gasteiger partial charge in [-0.15, -0.1) is 0 Å². The number of benzene rings is 1. The van der Waals surface area contributed by atoms with E-state index < -0.39 is 0 Å². The molecule has 0 spiro atoms. The molecule has 0 unspecified atom stereocenters. The van der Waals surface area contributed by atoms with Crippen molar-refractivity contribution in [2.75, 3.05) is 20.3 Å². The van der Waals surface area contributed by atoms with Gasteiger partial charge in [0.05, 0.1) is 18.2 Å². The molecule has 4 heteroatoms. The SMILES string of the molecule is COCCN(Cc1ccccc1C#N)Cc1cccn1C. The molecule has 0 atom stereocenters. The maximum Gasteiger partial charge on any atom is 0.0995 e. The number of ether oxygens (including phenoxy) is 1. The van der Waals surface area contributed by atoms with Gasteiger partial charge in [-0.1, -0.05) is 18.2 Å². The second-order valence-corrected chi connectivity index (χ2v) is 5.08. The first-order valence-corrected chi connectivity index (χ1v) is 7.04. The van der Waals surface area contributed by atoms with Gasteiger partial charge in [-0.25, -0.2) is 0 Å². The Labute approximate surface area is 126 Å². The standard InChI is InChI=1S/C17H21N3O/c1-19-9-5-8-17(19)14-20(10-11-21-2)13-16-7-4-3-6-15(16)12-18/h3-9H,10-11,13-14H2,1-2H3. The highest BCUT2D eigenvalue weighted by Gasteiger charge is 2.11. The molecule has 0 aliphatic heterocycles. The first-order chi connectivity index (χ1) is 10.2. The highest BCUT2D eigenvalue weighted by molar-refractivity contribution is 5.37. The van der Waals surface area contributed by atoms with E-state index in [1.54, 1.807) is 7.11 Å². The second kappa shape index (κ2) is 7.63. The van der Waals surface area contributed by atoms with Crippen LogP contribution >= 0.6 is 0 Å². The molecule has 4 nitrogen and oxygen atoms in total. The molecule has 0 fully saturated rings. The van der Waals surface area contributed by atoms with Crippen LogP contribution in [0, 0.1) is 11.3 Å². The second-order valence-electron chi connectivity index (χ2n) is 5.08. The molecule has 1 aromatic carbocycles. The van der Waals surface area contributed by atoms with Crippen molar-refractivity contribution in [2.45, 2.75) is 13.1 Å². The fraction of sp³-hybridized carbons (Fsp3) is 0.353. The van der Waals surface area contributed by atoms with Crippen molar-refractivity contribution < 1.29 is 4.74 Å². The normalized spacial score (nSPS) is 10.8. The third-order valence-corrected chi connectivity index (χ3v) is 3.58. The summed E-state index contributed by atoms with van der Waals surface area (Å²) in [6.45, 7) is 3.10. The van der Waals surface area contributed by atoms with Gasteiger partial charge in [0.25, 0.3) is 0 Å². The predicted molar refractivity (Wildman–Crippen MR) is 82.6 cm³/mol. The van der Waals surface area contributed by atoms with E-state index in [1.807, 2.05) is 43.6 Å². The van der Waals surface area contributed by atoms with Crippen LogP contribution in [0.1, 0.15) is 16.8 Å². The molecule has 0 N–H and O–H groups in total. The summed E-state index contributed by atoms with van der Waals surface area (Å²) < 4.78 is 7.32. The van der Waals surface area contributed by atoms with Gasteiger partial charge in [0.2, 0.25) is 0 Å². The van der Waals surface area contributed by atoms with Crippen LogP contribution in [0.15, 0.2) is 42.6 Å². The molecule has 1 heterocycles. The molecule has 2 aromatic rings. The van der Waals surface area contributed by atoms with Crippen molar-refractivity contribution in [1.29, 1.82) is 5.26 Å². The molecule has 110 valence electrons. The van der Waals surface area contributed by atoms with E-state index in [0.29, 0.717) is 6.61 Å². The Morgan fingerprint density at radius 1 is 1.19 bits per heavy atom. The number of hydrogen-bond donors (Lipinski definition) is 0. The number of methoxy groups -OCH3 is 1. The molecule has 0 radical (unpaired) electrons. The molecule has 2 rings (SSSR count). The van der Waals surface area contributed by atoms with Gasteiger partial charge in [0, 0.05) is 45.7 Å². The molecule has 0 bridgehead atoms. The van der Waals surface area contributed by atoms with Crippen LogP contribution in [-0.4, -0.2) is 29.7 Å². The number of rotatable bonds is 7. The largest absolute Gasteiger partial charge is 0.383 e. The Morgan fingerprint density at radius 3 is 2.67 bits per heavy atom. The van der Waals surface area contributed by atoms with E-state index in [-0.39, 0.29) is 0 Å². The zero-order valence-corrected chi connectivity index (χ0v) is 12.6. The van der Waals surface area contributed by atoms with Gasteiger partial charge < -0.3 is 9.30 Å². The molecule has 0 amide bonds. The van der Waals surface area contributed by atoms with Gasteiger partial charge in [0.15, 0.2) is 0 Å². The van der Waals surface area contributed by atoms with Crippen LogP contribution in [0.4, 0.5) is 0 Å². The van der Waals surface area contributed by atoms with Crippen molar-refractivity contribution in [3.8, 4) is 6.07 Å². The minimum Gasteiger partial charge on any atom is -0.383 e. The van der Waals surface area contributed by atoms with Crippen LogP contribution in [-0.2, 0) is 24.9 Å². The fourth-order valence-electron chi connectivity index (χ4n) is 2.33. The lowest BCUT2D eigenvalue weighted by Crippen LogP contribution is -2.27. The quantitative estimate of drug-likeness (QED) is 0.784. The minimum absolute atomic E-state index is 0.680. The number of nitriles is 1. The maximum atomic E-state index is 9.21. The third-order valence-electron chi connectivity index (χ3n) is 3.58. The monoisotopic (exact) mass is 283 g/mol. The first kappa shape index (κ1) is 15.3. The smallest absolute Gasteiger partial charge is 0.0995 e. The van der Waals surface area contributed by atoms with Gasteiger partial charge in [-0.2, -0.15) is 5.26 Å². The molecule has 0 saturated heterocycles. The van der Waals surface area contributed by atoms with Gasteiger partial charge in [-0.05, 0) is 23.8 Å². The Hall–Kier alpha value is -2.09. The number of nitrogens with zero attached hydrogens (tertiary/aromatic N) is 3. The Bertz CT molecular complexity index is 612. The molecule has 0 aliphatic carbocycles. The van der Waals surface area contributed by atoms with E-state index >= 15 is 0 Å². The lowest BCUT2D eigenvalue weighted by Gasteiger charge is -2.23. The van der Waals surface area contributed by atoms with Crippen LogP contribution in [0.5, 0.6) is 0 Å². The van der Waals surface area contributed by atoms with Crippen molar-refractivity contribution in [3.63, 3.8) is 0 Å². The molecule has 21 heavy (non-hydrogen) atoms. The maximum absolute atomic E-state index is 9.21. The summed E-state index contributed by atoms with van der Waals surface area (Å²) in [5.74, 6) is 0. The van der Waals surface area contributed by atoms with Crippen LogP contribution in [0.25, 0.3) is 0 Å². The van der Waals surface area contributed by atoms with E-state index in [1.165, 1.54) is 5.69 Å². The number of aromatic nitrogens is 1. The van der Waals surface area contributed by atoms with Gasteiger partial charge in [0.1, 0.15) is 0 Å². The molecule has 1 aromatic heterocycles. The van der Waals surface area contributed by atoms with E-state index in [9.17, 15) is 5.26 Å². The van der Waals surface area contributed by atoms with Crippen LogP contribution < -0.4 is 0 Å².